The van der Waals surface area contributed by atoms with Crippen molar-refractivity contribution in [1.82, 2.24) is 9.97 Å². The third-order valence-corrected chi connectivity index (χ3v) is 3.07. The van der Waals surface area contributed by atoms with Crippen molar-refractivity contribution in [2.75, 3.05) is 11.1 Å². The first-order chi connectivity index (χ1) is 9.72. The average Bonchev–Trinajstić information content (AvgIpc) is 2.41. The van der Waals surface area contributed by atoms with E-state index in [0.717, 1.165) is 43.0 Å². The molecule has 0 saturated heterocycles. The van der Waals surface area contributed by atoms with Crippen molar-refractivity contribution in [2.24, 2.45) is 0 Å². The van der Waals surface area contributed by atoms with Crippen LogP contribution in [0.1, 0.15) is 38.1 Å². The summed E-state index contributed by atoms with van der Waals surface area (Å²) in [5.41, 5.74) is 8.24. The molecule has 1 heterocycles. The lowest BCUT2D eigenvalue weighted by molar-refractivity contribution is 0.839. The molecule has 0 aliphatic rings. The molecule has 1 aromatic carbocycles. The highest BCUT2D eigenvalue weighted by atomic mass is 15.1. The number of hydrogen-bond acceptors (Lipinski definition) is 4. The van der Waals surface area contributed by atoms with E-state index in [9.17, 15) is 0 Å². The lowest BCUT2D eigenvalue weighted by Gasteiger charge is -2.12. The molecule has 4 nitrogen and oxygen atoms in total. The van der Waals surface area contributed by atoms with Crippen LogP contribution in [-0.2, 0) is 12.8 Å². The second-order valence-corrected chi connectivity index (χ2v) is 4.88. The molecule has 2 aromatic rings. The van der Waals surface area contributed by atoms with Gasteiger partial charge in [-0.1, -0.05) is 38.5 Å². The number of aromatic nitrogens is 2. The topological polar surface area (TPSA) is 63.8 Å². The Labute approximate surface area is 120 Å². The zero-order valence-electron chi connectivity index (χ0n) is 12.2. The molecular weight excluding hydrogens is 248 g/mol. The van der Waals surface area contributed by atoms with Gasteiger partial charge in [0.15, 0.2) is 0 Å². The maximum Gasteiger partial charge on any atom is 0.136 e. The predicted octanol–water partition coefficient (Wildman–Crippen LogP) is 3.71. The molecule has 0 atom stereocenters. The molecule has 4 heteroatoms. The Hall–Kier alpha value is -2.10. The van der Waals surface area contributed by atoms with Gasteiger partial charge in [0.25, 0.3) is 0 Å². The second kappa shape index (κ2) is 6.89. The number of anilines is 3. The number of nitrogens with two attached hydrogens (primary N) is 1. The van der Waals surface area contributed by atoms with Gasteiger partial charge in [0.2, 0.25) is 0 Å². The van der Waals surface area contributed by atoms with Crippen LogP contribution in [0.25, 0.3) is 0 Å². The first-order valence-electron chi connectivity index (χ1n) is 7.21. The molecule has 0 aliphatic heterocycles. The summed E-state index contributed by atoms with van der Waals surface area (Å²) in [7, 11) is 0. The molecule has 0 radical (unpaired) electrons. The fourth-order valence-corrected chi connectivity index (χ4v) is 2.18. The van der Waals surface area contributed by atoms with Gasteiger partial charge in [0.05, 0.1) is 0 Å². The predicted molar refractivity (Wildman–Crippen MR) is 84.2 cm³/mol. The summed E-state index contributed by atoms with van der Waals surface area (Å²) in [6.45, 7) is 4.29. The van der Waals surface area contributed by atoms with E-state index in [2.05, 4.69) is 47.3 Å². The molecule has 106 valence electrons. The molecule has 0 unspecified atom stereocenters. The zero-order valence-corrected chi connectivity index (χ0v) is 12.2. The summed E-state index contributed by atoms with van der Waals surface area (Å²) in [5, 5.41) is 3.37. The molecular formula is C16H22N4. The number of hydrogen-bond donors (Lipinski definition) is 2. The second-order valence-electron chi connectivity index (χ2n) is 4.88. The van der Waals surface area contributed by atoms with Gasteiger partial charge in [0.1, 0.15) is 17.5 Å². The fourth-order valence-electron chi connectivity index (χ4n) is 2.18. The maximum absolute atomic E-state index is 5.85. The Balaban J connectivity index is 2.25. The highest BCUT2D eigenvalue weighted by Gasteiger charge is 2.05. The molecule has 0 amide bonds. The Bertz CT molecular complexity index is 566. The fraction of sp³-hybridized carbons (Fsp3) is 0.375. The number of rotatable bonds is 6. The summed E-state index contributed by atoms with van der Waals surface area (Å²) in [5.74, 6) is 2.08. The van der Waals surface area contributed by atoms with Crippen LogP contribution in [-0.4, -0.2) is 9.97 Å². The molecule has 3 N–H and O–H groups in total. The van der Waals surface area contributed by atoms with Crippen LogP contribution in [0.5, 0.6) is 0 Å². The molecule has 0 aliphatic carbocycles. The first kappa shape index (κ1) is 14.3. The van der Waals surface area contributed by atoms with E-state index in [1.165, 1.54) is 5.56 Å². The van der Waals surface area contributed by atoms with E-state index in [0.29, 0.717) is 5.82 Å². The van der Waals surface area contributed by atoms with Crippen molar-refractivity contribution in [2.45, 2.75) is 39.5 Å². The lowest BCUT2D eigenvalue weighted by Crippen LogP contribution is -2.04. The Kier molecular flexibility index (Phi) is 4.93. The van der Waals surface area contributed by atoms with Crippen LogP contribution >= 0.6 is 0 Å². The molecule has 0 fully saturated rings. The normalized spacial score (nSPS) is 10.5. The van der Waals surface area contributed by atoms with Crippen molar-refractivity contribution in [3.63, 3.8) is 0 Å². The maximum atomic E-state index is 5.85. The summed E-state index contributed by atoms with van der Waals surface area (Å²) >= 11 is 0. The SMILES string of the molecule is CCCc1nc(N)cc(Nc2ccccc2CCC)n1. The van der Waals surface area contributed by atoms with Crippen LogP contribution < -0.4 is 11.1 Å². The minimum Gasteiger partial charge on any atom is -0.384 e. The van der Waals surface area contributed by atoms with E-state index in [1.54, 1.807) is 6.07 Å². The number of aryl methyl sites for hydroxylation is 2. The quantitative estimate of drug-likeness (QED) is 0.840. The zero-order chi connectivity index (χ0) is 14.4. The number of nitrogens with one attached hydrogen (secondary N) is 1. The minimum absolute atomic E-state index is 0.513. The molecule has 0 bridgehead atoms. The van der Waals surface area contributed by atoms with Crippen LogP contribution in [0.15, 0.2) is 30.3 Å². The van der Waals surface area contributed by atoms with Crippen molar-refractivity contribution in [3.05, 3.63) is 41.7 Å². The van der Waals surface area contributed by atoms with Gasteiger partial charge in [-0.25, -0.2) is 9.97 Å². The number of para-hydroxylation sites is 1. The van der Waals surface area contributed by atoms with Crippen LogP contribution in [0, 0.1) is 0 Å². The first-order valence-corrected chi connectivity index (χ1v) is 7.21. The largest absolute Gasteiger partial charge is 0.384 e. The molecule has 20 heavy (non-hydrogen) atoms. The van der Waals surface area contributed by atoms with E-state index < -0.39 is 0 Å². The number of nitrogens with zero attached hydrogens (tertiary/aromatic N) is 2. The monoisotopic (exact) mass is 270 g/mol. The smallest absolute Gasteiger partial charge is 0.136 e. The van der Waals surface area contributed by atoms with Crippen LogP contribution in [0.3, 0.4) is 0 Å². The Morgan fingerprint density at radius 2 is 1.80 bits per heavy atom. The summed E-state index contributed by atoms with van der Waals surface area (Å²) in [6.07, 6.45) is 4.02. The van der Waals surface area contributed by atoms with Crippen molar-refractivity contribution in [1.29, 1.82) is 0 Å². The highest BCUT2D eigenvalue weighted by molar-refractivity contribution is 5.62. The van der Waals surface area contributed by atoms with Crippen LogP contribution in [0.2, 0.25) is 0 Å². The summed E-state index contributed by atoms with van der Waals surface area (Å²) in [6, 6.07) is 10.1. The Morgan fingerprint density at radius 3 is 2.55 bits per heavy atom. The van der Waals surface area contributed by atoms with Crippen molar-refractivity contribution < 1.29 is 0 Å². The third kappa shape index (κ3) is 3.70. The summed E-state index contributed by atoms with van der Waals surface area (Å²) < 4.78 is 0. The van der Waals surface area contributed by atoms with Gasteiger partial charge < -0.3 is 11.1 Å². The van der Waals surface area contributed by atoms with Gasteiger partial charge in [-0.3, -0.25) is 0 Å². The van der Waals surface area contributed by atoms with E-state index in [-0.39, 0.29) is 0 Å². The minimum atomic E-state index is 0.513. The van der Waals surface area contributed by atoms with Gasteiger partial charge in [-0.15, -0.1) is 0 Å². The molecule has 0 saturated carbocycles. The van der Waals surface area contributed by atoms with E-state index in [4.69, 9.17) is 5.73 Å². The van der Waals surface area contributed by atoms with Gasteiger partial charge in [-0.2, -0.15) is 0 Å². The van der Waals surface area contributed by atoms with Crippen molar-refractivity contribution in [3.8, 4) is 0 Å². The molecule has 1 aromatic heterocycles. The van der Waals surface area contributed by atoms with Gasteiger partial charge in [0, 0.05) is 18.2 Å². The highest BCUT2D eigenvalue weighted by Crippen LogP contribution is 2.22. The Morgan fingerprint density at radius 1 is 1.05 bits per heavy atom. The van der Waals surface area contributed by atoms with Gasteiger partial charge >= 0.3 is 0 Å². The molecule has 2 rings (SSSR count). The number of nitrogen functional groups attached to an aromatic ring is 1. The van der Waals surface area contributed by atoms with E-state index in [1.807, 2.05) is 6.07 Å². The standard InChI is InChI=1S/C16H22N4/c1-3-7-12-9-5-6-10-13(12)18-16-11-14(17)19-15(20-16)8-4-2/h5-6,9-11H,3-4,7-8H2,1-2H3,(H3,17,18,19,20). The van der Waals surface area contributed by atoms with Gasteiger partial charge in [-0.05, 0) is 24.5 Å². The average molecular weight is 270 g/mol. The van der Waals surface area contributed by atoms with E-state index >= 15 is 0 Å². The number of benzene rings is 1. The third-order valence-electron chi connectivity index (χ3n) is 3.07. The lowest BCUT2D eigenvalue weighted by atomic mass is 10.1. The molecule has 0 spiro atoms. The van der Waals surface area contributed by atoms with Crippen LogP contribution in [0.4, 0.5) is 17.3 Å². The van der Waals surface area contributed by atoms with Crippen molar-refractivity contribution >= 4 is 17.3 Å². The summed E-state index contributed by atoms with van der Waals surface area (Å²) in [4.78, 5) is 8.77.